The minimum Gasteiger partial charge on any atom is -0.355 e. The van der Waals surface area contributed by atoms with Gasteiger partial charge in [0.1, 0.15) is 4.90 Å². The van der Waals surface area contributed by atoms with Gasteiger partial charge in [-0.1, -0.05) is 24.3 Å². The molecule has 0 saturated carbocycles. The molecule has 2 unspecified atom stereocenters. The first kappa shape index (κ1) is 17.4. The Kier molecular flexibility index (Phi) is 4.00. The molecule has 0 aliphatic carbocycles. The van der Waals surface area contributed by atoms with E-state index in [1.807, 2.05) is 36.4 Å². The van der Waals surface area contributed by atoms with Gasteiger partial charge in [-0.2, -0.15) is 13.7 Å². The van der Waals surface area contributed by atoms with E-state index in [0.717, 1.165) is 38.3 Å². The van der Waals surface area contributed by atoms with Gasteiger partial charge in [-0.15, -0.1) is 4.40 Å². The highest BCUT2D eigenvalue weighted by Gasteiger charge is 2.43. The minimum absolute atomic E-state index is 0.324. The highest BCUT2D eigenvalue weighted by Crippen LogP contribution is 2.35. The number of benzene rings is 2. The van der Waals surface area contributed by atoms with E-state index in [1.165, 1.54) is 5.56 Å². The molecule has 3 aliphatic heterocycles. The molecule has 6 nitrogen and oxygen atoms in total. The second-order valence-corrected chi connectivity index (χ2v) is 9.39. The number of nitriles is 1. The van der Waals surface area contributed by atoms with Crippen LogP contribution in [-0.2, 0) is 16.6 Å². The van der Waals surface area contributed by atoms with Crippen LogP contribution in [0.3, 0.4) is 0 Å². The van der Waals surface area contributed by atoms with Gasteiger partial charge >= 0.3 is 0 Å². The van der Waals surface area contributed by atoms with Gasteiger partial charge in [0.25, 0.3) is 10.0 Å². The summed E-state index contributed by atoms with van der Waals surface area (Å²) in [6.45, 7) is 4.58. The Balaban J connectivity index is 1.27. The summed E-state index contributed by atoms with van der Waals surface area (Å²) < 4.78 is 28.7. The smallest absolute Gasteiger partial charge is 0.285 e. The molecule has 0 bridgehead atoms. The zero-order valence-corrected chi connectivity index (χ0v) is 16.1. The summed E-state index contributed by atoms with van der Waals surface area (Å²) in [5.41, 5.74) is 2.64. The molecule has 7 heteroatoms. The maximum atomic E-state index is 12.3. The van der Waals surface area contributed by atoms with Crippen molar-refractivity contribution in [3.05, 3.63) is 65.2 Å². The number of hydrogen-bond donors (Lipinski definition) is 0. The third kappa shape index (κ3) is 2.89. The molecule has 2 atom stereocenters. The van der Waals surface area contributed by atoms with Crippen LogP contribution in [0.4, 0.5) is 0 Å². The molecule has 2 saturated heterocycles. The molecule has 142 valence electrons. The molecule has 3 heterocycles. The largest absolute Gasteiger partial charge is 0.355 e. The Bertz CT molecular complexity index is 1090. The predicted octanol–water partition coefficient (Wildman–Crippen LogP) is 2.07. The Morgan fingerprint density at radius 1 is 1.00 bits per heavy atom. The highest BCUT2D eigenvalue weighted by molar-refractivity contribution is 7.90. The lowest BCUT2D eigenvalue weighted by atomic mass is 10.0. The first-order valence-corrected chi connectivity index (χ1v) is 10.9. The average Bonchev–Trinajstić information content (AvgIpc) is 3.32. The minimum atomic E-state index is -3.56. The van der Waals surface area contributed by atoms with Crippen molar-refractivity contribution in [2.45, 2.75) is 11.4 Å². The van der Waals surface area contributed by atoms with Crippen LogP contribution in [0.2, 0.25) is 0 Å². The Hall–Kier alpha value is -2.69. The van der Waals surface area contributed by atoms with Gasteiger partial charge in [-0.05, 0) is 41.7 Å². The molecular weight excluding hydrogens is 372 g/mol. The number of amidine groups is 1. The Morgan fingerprint density at radius 3 is 2.36 bits per heavy atom. The second-order valence-electron chi connectivity index (χ2n) is 7.81. The van der Waals surface area contributed by atoms with Crippen molar-refractivity contribution in [2.24, 2.45) is 16.2 Å². The predicted molar refractivity (Wildman–Crippen MR) is 105 cm³/mol. The van der Waals surface area contributed by atoms with E-state index >= 15 is 0 Å². The summed E-state index contributed by atoms with van der Waals surface area (Å²) in [4.78, 5) is 4.93. The molecule has 3 aliphatic rings. The van der Waals surface area contributed by atoms with Gasteiger partial charge in [0, 0.05) is 38.3 Å². The number of likely N-dealkylation sites (tertiary alicyclic amines) is 2. The van der Waals surface area contributed by atoms with Gasteiger partial charge in [-0.25, -0.2) is 0 Å². The first-order chi connectivity index (χ1) is 13.5. The van der Waals surface area contributed by atoms with Gasteiger partial charge in [0.2, 0.25) is 0 Å². The third-order valence-electron chi connectivity index (χ3n) is 5.96. The summed E-state index contributed by atoms with van der Waals surface area (Å²) in [6, 6.07) is 17.0. The molecule has 2 aromatic carbocycles. The van der Waals surface area contributed by atoms with Crippen LogP contribution in [0, 0.1) is 23.2 Å². The van der Waals surface area contributed by atoms with Crippen molar-refractivity contribution in [3.63, 3.8) is 0 Å². The van der Waals surface area contributed by atoms with Crippen molar-refractivity contribution >= 4 is 15.9 Å². The van der Waals surface area contributed by atoms with Crippen LogP contribution in [0.15, 0.2) is 57.8 Å². The van der Waals surface area contributed by atoms with Crippen molar-refractivity contribution in [2.75, 3.05) is 26.2 Å². The molecule has 5 rings (SSSR count). The number of fused-ring (bicyclic) bond motifs is 2. The topological polar surface area (TPSA) is 76.8 Å². The van der Waals surface area contributed by atoms with E-state index in [4.69, 9.17) is 5.26 Å². The molecule has 0 aromatic heterocycles. The van der Waals surface area contributed by atoms with Gasteiger partial charge in [0.15, 0.2) is 5.84 Å². The van der Waals surface area contributed by atoms with Crippen molar-refractivity contribution < 1.29 is 8.42 Å². The SMILES string of the molecule is N#Cc1ccc(CN2CC3CN(C4=NS(=O)(=O)c5ccccc54)CC3C2)cc1. The second kappa shape index (κ2) is 6.43. The number of hydrogen-bond acceptors (Lipinski definition) is 5. The molecule has 28 heavy (non-hydrogen) atoms. The fourth-order valence-corrected chi connectivity index (χ4v) is 5.88. The first-order valence-electron chi connectivity index (χ1n) is 9.44. The molecule has 0 spiro atoms. The number of nitrogens with zero attached hydrogens (tertiary/aromatic N) is 4. The average molecular weight is 392 g/mol. The lowest BCUT2D eigenvalue weighted by Gasteiger charge is -2.23. The van der Waals surface area contributed by atoms with Crippen LogP contribution < -0.4 is 0 Å². The van der Waals surface area contributed by atoms with E-state index in [1.54, 1.807) is 12.1 Å². The van der Waals surface area contributed by atoms with E-state index in [9.17, 15) is 8.42 Å². The zero-order valence-electron chi connectivity index (χ0n) is 15.3. The van der Waals surface area contributed by atoms with E-state index < -0.39 is 10.0 Å². The fourth-order valence-electron chi connectivity index (χ4n) is 4.65. The van der Waals surface area contributed by atoms with Crippen LogP contribution in [-0.4, -0.2) is 50.2 Å². The number of rotatable bonds is 2. The van der Waals surface area contributed by atoms with Crippen LogP contribution in [0.25, 0.3) is 0 Å². The molecular formula is C21H20N4O2S. The van der Waals surface area contributed by atoms with E-state index in [0.29, 0.717) is 28.1 Å². The highest BCUT2D eigenvalue weighted by atomic mass is 32.2. The molecule has 0 N–H and O–H groups in total. The van der Waals surface area contributed by atoms with E-state index in [2.05, 4.69) is 20.3 Å². The summed E-state index contributed by atoms with van der Waals surface area (Å²) in [5.74, 6) is 1.66. The van der Waals surface area contributed by atoms with Crippen LogP contribution >= 0.6 is 0 Å². The standard InChI is InChI=1S/C21H20N4O2S/c22-9-15-5-7-16(8-6-15)10-24-11-17-13-25(14-18(17)12-24)21-19-3-1-2-4-20(19)28(26,27)23-21/h1-8,17-18H,10-14H2. The van der Waals surface area contributed by atoms with Gasteiger partial charge in [-0.3, -0.25) is 4.90 Å². The molecule has 0 radical (unpaired) electrons. The monoisotopic (exact) mass is 392 g/mol. The summed E-state index contributed by atoms with van der Waals surface area (Å²) >= 11 is 0. The third-order valence-corrected chi connectivity index (χ3v) is 7.29. The lowest BCUT2D eigenvalue weighted by Crippen LogP contribution is -2.33. The van der Waals surface area contributed by atoms with Gasteiger partial charge < -0.3 is 4.90 Å². The molecule has 2 aromatic rings. The quantitative estimate of drug-likeness (QED) is 0.782. The summed E-state index contributed by atoms with van der Waals surface area (Å²) in [7, 11) is -3.56. The Morgan fingerprint density at radius 2 is 1.68 bits per heavy atom. The maximum absolute atomic E-state index is 12.3. The van der Waals surface area contributed by atoms with Gasteiger partial charge in [0.05, 0.1) is 11.6 Å². The normalized spacial score (nSPS) is 25.2. The zero-order chi connectivity index (χ0) is 19.3. The number of sulfonamides is 1. The van der Waals surface area contributed by atoms with Crippen LogP contribution in [0.5, 0.6) is 0 Å². The summed E-state index contributed by atoms with van der Waals surface area (Å²) in [6.07, 6.45) is 0. The van der Waals surface area contributed by atoms with Crippen molar-refractivity contribution in [1.82, 2.24) is 9.80 Å². The fraction of sp³-hybridized carbons (Fsp3) is 0.333. The molecule has 2 fully saturated rings. The summed E-state index contributed by atoms with van der Waals surface area (Å²) in [5, 5.41) is 8.92. The maximum Gasteiger partial charge on any atom is 0.285 e. The van der Waals surface area contributed by atoms with Crippen molar-refractivity contribution in [1.29, 1.82) is 5.26 Å². The van der Waals surface area contributed by atoms with Crippen LogP contribution in [0.1, 0.15) is 16.7 Å². The Labute approximate surface area is 164 Å². The molecule has 0 amide bonds. The lowest BCUT2D eigenvalue weighted by molar-refractivity contribution is 0.288. The van der Waals surface area contributed by atoms with E-state index in [-0.39, 0.29) is 0 Å². The van der Waals surface area contributed by atoms with Crippen molar-refractivity contribution in [3.8, 4) is 6.07 Å².